The van der Waals surface area contributed by atoms with Crippen molar-refractivity contribution in [1.82, 2.24) is 10.2 Å². The molecular formula is C15H19ClN2O3. The van der Waals surface area contributed by atoms with E-state index in [0.29, 0.717) is 10.6 Å². The number of hydrogen-bond acceptors (Lipinski definition) is 3. The Morgan fingerprint density at radius 1 is 1.33 bits per heavy atom. The van der Waals surface area contributed by atoms with Gasteiger partial charge in [0.05, 0.1) is 12.6 Å². The molecule has 1 aromatic carbocycles. The van der Waals surface area contributed by atoms with Crippen LogP contribution in [0.5, 0.6) is 0 Å². The first-order valence-electron chi connectivity index (χ1n) is 6.84. The maximum atomic E-state index is 12.4. The summed E-state index contributed by atoms with van der Waals surface area (Å²) in [6.07, 6.45) is -1.01. The molecule has 1 aliphatic heterocycles. The maximum Gasteiger partial charge on any atom is 0.325 e. The van der Waals surface area contributed by atoms with Crippen molar-refractivity contribution in [1.29, 1.82) is 0 Å². The van der Waals surface area contributed by atoms with Crippen molar-refractivity contribution in [2.45, 2.75) is 32.4 Å². The molecule has 2 unspecified atom stereocenters. The van der Waals surface area contributed by atoms with Crippen LogP contribution in [-0.4, -0.2) is 34.0 Å². The Morgan fingerprint density at radius 2 is 1.95 bits per heavy atom. The fraction of sp³-hybridized carbons (Fsp3) is 0.467. The molecule has 21 heavy (non-hydrogen) atoms. The predicted molar refractivity (Wildman–Crippen MR) is 79.9 cm³/mol. The molecule has 2 rings (SSSR count). The van der Waals surface area contributed by atoms with Gasteiger partial charge in [0, 0.05) is 10.6 Å². The van der Waals surface area contributed by atoms with E-state index in [1.54, 1.807) is 31.2 Å². The molecule has 0 radical (unpaired) electrons. The summed E-state index contributed by atoms with van der Waals surface area (Å²) < 4.78 is 0. The number of halogens is 1. The van der Waals surface area contributed by atoms with Crippen LogP contribution in [0.3, 0.4) is 0 Å². The van der Waals surface area contributed by atoms with Gasteiger partial charge in [0.25, 0.3) is 5.91 Å². The lowest BCUT2D eigenvalue weighted by Gasteiger charge is -2.26. The van der Waals surface area contributed by atoms with E-state index >= 15 is 0 Å². The number of carbonyl (C=O) groups excluding carboxylic acids is 2. The molecule has 114 valence electrons. The number of rotatable bonds is 4. The number of nitrogens with zero attached hydrogens (tertiary/aromatic N) is 1. The third-order valence-electron chi connectivity index (χ3n) is 4.08. The number of benzene rings is 1. The molecule has 0 bridgehead atoms. The zero-order chi connectivity index (χ0) is 15.8. The average molecular weight is 311 g/mol. The molecule has 1 fully saturated rings. The van der Waals surface area contributed by atoms with Gasteiger partial charge in [0.2, 0.25) is 0 Å². The molecule has 0 spiro atoms. The molecule has 5 nitrogen and oxygen atoms in total. The van der Waals surface area contributed by atoms with Crippen LogP contribution in [-0.2, 0) is 4.79 Å². The summed E-state index contributed by atoms with van der Waals surface area (Å²) in [4.78, 5) is 25.5. The van der Waals surface area contributed by atoms with E-state index in [1.807, 2.05) is 13.8 Å². The van der Waals surface area contributed by atoms with E-state index < -0.39 is 17.7 Å². The summed E-state index contributed by atoms with van der Waals surface area (Å²) in [7, 11) is 0. The second-order valence-corrected chi connectivity index (χ2v) is 6.15. The van der Waals surface area contributed by atoms with E-state index in [9.17, 15) is 14.7 Å². The zero-order valence-electron chi connectivity index (χ0n) is 12.3. The van der Waals surface area contributed by atoms with Crippen LogP contribution in [0.4, 0.5) is 4.79 Å². The van der Waals surface area contributed by atoms with Crippen molar-refractivity contribution in [3.05, 3.63) is 34.9 Å². The van der Waals surface area contributed by atoms with Crippen LogP contribution < -0.4 is 5.32 Å². The highest BCUT2D eigenvalue weighted by Gasteiger charge is 2.50. The SMILES string of the molecule is CC(C)C1(C)NC(=O)N(CC(O)c2ccccc2Cl)C1=O. The van der Waals surface area contributed by atoms with Crippen molar-refractivity contribution in [2.24, 2.45) is 5.92 Å². The van der Waals surface area contributed by atoms with Gasteiger partial charge in [-0.1, -0.05) is 43.6 Å². The van der Waals surface area contributed by atoms with E-state index in [0.717, 1.165) is 4.90 Å². The fourth-order valence-electron chi connectivity index (χ4n) is 2.29. The number of β-amino-alcohol motifs (C(OH)–C–C–N with tert-alkyl or cyclic N) is 1. The van der Waals surface area contributed by atoms with Gasteiger partial charge in [-0.3, -0.25) is 9.69 Å². The van der Waals surface area contributed by atoms with Crippen molar-refractivity contribution in [2.75, 3.05) is 6.54 Å². The van der Waals surface area contributed by atoms with Gasteiger partial charge in [0.15, 0.2) is 0 Å². The monoisotopic (exact) mass is 310 g/mol. The third kappa shape index (κ3) is 2.76. The summed E-state index contributed by atoms with van der Waals surface area (Å²) in [5.74, 6) is -0.370. The standard InChI is InChI=1S/C15H19ClN2O3/c1-9(2)15(3)13(20)18(14(21)17-15)8-12(19)10-6-4-5-7-11(10)16/h4-7,9,12,19H,8H2,1-3H3,(H,17,21). The molecule has 1 heterocycles. The molecule has 6 heteroatoms. The van der Waals surface area contributed by atoms with Crippen LogP contribution in [0.25, 0.3) is 0 Å². The molecule has 0 aliphatic carbocycles. The van der Waals surface area contributed by atoms with Crippen LogP contribution >= 0.6 is 11.6 Å². The third-order valence-corrected chi connectivity index (χ3v) is 4.42. The van der Waals surface area contributed by atoms with Crippen molar-refractivity contribution < 1.29 is 14.7 Å². The molecule has 0 aromatic heterocycles. The highest BCUT2D eigenvalue weighted by molar-refractivity contribution is 6.31. The van der Waals surface area contributed by atoms with Crippen molar-refractivity contribution in [3.63, 3.8) is 0 Å². The summed E-state index contributed by atoms with van der Waals surface area (Å²) in [6, 6.07) is 6.34. The normalized spacial score (nSPS) is 23.6. The van der Waals surface area contributed by atoms with Crippen LogP contribution in [0, 0.1) is 5.92 Å². The van der Waals surface area contributed by atoms with Gasteiger partial charge in [-0.2, -0.15) is 0 Å². The van der Waals surface area contributed by atoms with Crippen LogP contribution in [0.1, 0.15) is 32.4 Å². The van der Waals surface area contributed by atoms with Crippen molar-refractivity contribution in [3.8, 4) is 0 Å². The molecule has 1 aliphatic rings. The summed E-state index contributed by atoms with van der Waals surface area (Å²) >= 11 is 6.02. The average Bonchev–Trinajstić information content (AvgIpc) is 2.64. The number of imide groups is 1. The minimum atomic E-state index is -1.01. The number of hydrogen-bond donors (Lipinski definition) is 2. The zero-order valence-corrected chi connectivity index (χ0v) is 13.0. The lowest BCUT2D eigenvalue weighted by molar-refractivity contribution is -0.133. The van der Waals surface area contributed by atoms with Gasteiger partial charge in [-0.25, -0.2) is 4.79 Å². The maximum absolute atomic E-state index is 12.4. The number of carbonyl (C=O) groups is 2. The van der Waals surface area contributed by atoms with E-state index in [1.165, 1.54) is 0 Å². The number of nitrogens with one attached hydrogen (secondary N) is 1. The molecule has 2 N–H and O–H groups in total. The second kappa shape index (κ2) is 5.66. The number of urea groups is 1. The van der Waals surface area contributed by atoms with Gasteiger partial charge in [-0.15, -0.1) is 0 Å². The Hall–Kier alpha value is -1.59. The fourth-order valence-corrected chi connectivity index (χ4v) is 2.55. The lowest BCUT2D eigenvalue weighted by Crippen LogP contribution is -2.48. The van der Waals surface area contributed by atoms with Gasteiger partial charge in [-0.05, 0) is 18.9 Å². The quantitative estimate of drug-likeness (QED) is 0.839. The molecule has 2 atom stereocenters. The molecular weight excluding hydrogens is 292 g/mol. The van der Waals surface area contributed by atoms with Gasteiger partial charge < -0.3 is 10.4 Å². The highest BCUT2D eigenvalue weighted by Crippen LogP contribution is 2.29. The second-order valence-electron chi connectivity index (χ2n) is 5.74. The van der Waals surface area contributed by atoms with Gasteiger partial charge in [0.1, 0.15) is 5.54 Å². The Kier molecular flexibility index (Phi) is 4.25. The first-order valence-corrected chi connectivity index (χ1v) is 7.21. The topological polar surface area (TPSA) is 69.6 Å². The molecule has 1 saturated heterocycles. The largest absolute Gasteiger partial charge is 0.386 e. The highest BCUT2D eigenvalue weighted by atomic mass is 35.5. The smallest absolute Gasteiger partial charge is 0.325 e. The Bertz CT molecular complexity index is 576. The lowest BCUT2D eigenvalue weighted by atomic mass is 9.88. The minimum absolute atomic E-state index is 0.0450. The van der Waals surface area contributed by atoms with E-state index in [4.69, 9.17) is 11.6 Å². The molecule has 1 aromatic rings. The van der Waals surface area contributed by atoms with Crippen molar-refractivity contribution >= 4 is 23.5 Å². The summed E-state index contributed by atoms with van der Waals surface area (Å²) in [6.45, 7) is 5.31. The predicted octanol–water partition coefficient (Wildman–Crippen LogP) is 2.34. The Balaban J connectivity index is 2.19. The van der Waals surface area contributed by atoms with E-state index in [-0.39, 0.29) is 18.4 Å². The van der Waals surface area contributed by atoms with Crippen LogP contribution in [0.2, 0.25) is 5.02 Å². The van der Waals surface area contributed by atoms with E-state index in [2.05, 4.69) is 5.32 Å². The first kappa shape index (κ1) is 15.8. The Labute approximate surface area is 128 Å². The Morgan fingerprint density at radius 3 is 2.48 bits per heavy atom. The first-order chi connectivity index (χ1) is 9.77. The molecule has 0 saturated carbocycles. The summed E-state index contributed by atoms with van der Waals surface area (Å²) in [5, 5.41) is 13.3. The number of aliphatic hydroxyl groups is 1. The minimum Gasteiger partial charge on any atom is -0.386 e. The number of aliphatic hydroxyl groups excluding tert-OH is 1. The summed E-state index contributed by atoms with van der Waals surface area (Å²) in [5.41, 5.74) is -0.435. The van der Waals surface area contributed by atoms with Gasteiger partial charge >= 0.3 is 6.03 Å². The number of amides is 3. The van der Waals surface area contributed by atoms with Crippen LogP contribution in [0.15, 0.2) is 24.3 Å². The molecule has 3 amide bonds.